The summed E-state index contributed by atoms with van der Waals surface area (Å²) in [5.74, 6) is 0.900. The smallest absolute Gasteiger partial charge is 0.0636 e. The minimum atomic E-state index is 0.432. The topological polar surface area (TPSA) is 21.3 Å². The van der Waals surface area contributed by atoms with Crippen molar-refractivity contribution in [1.82, 2.24) is 5.32 Å². The van der Waals surface area contributed by atoms with Gasteiger partial charge in [0.05, 0.1) is 6.10 Å². The number of rotatable bonds is 10. The minimum Gasteiger partial charge on any atom is -0.378 e. The van der Waals surface area contributed by atoms with Gasteiger partial charge >= 0.3 is 0 Å². The van der Waals surface area contributed by atoms with Crippen LogP contribution in [0.1, 0.15) is 79.1 Å². The summed E-state index contributed by atoms with van der Waals surface area (Å²) in [6, 6.07) is 0. The lowest BCUT2D eigenvalue weighted by Gasteiger charge is -2.39. The van der Waals surface area contributed by atoms with E-state index in [0.29, 0.717) is 16.9 Å². The zero-order valence-electron chi connectivity index (χ0n) is 14.8. The molecule has 0 heterocycles. The van der Waals surface area contributed by atoms with Gasteiger partial charge in [0.15, 0.2) is 0 Å². The molecule has 0 aromatic rings. The second-order valence-electron chi connectivity index (χ2n) is 8.13. The Morgan fingerprint density at radius 1 is 1.05 bits per heavy atom. The molecule has 3 unspecified atom stereocenters. The van der Waals surface area contributed by atoms with Crippen LogP contribution >= 0.6 is 0 Å². The van der Waals surface area contributed by atoms with E-state index in [1.165, 1.54) is 64.5 Å². The van der Waals surface area contributed by atoms with Crippen molar-refractivity contribution in [2.24, 2.45) is 16.7 Å². The molecular weight excluding hydrogens is 258 g/mol. The molecule has 0 aromatic carbocycles. The van der Waals surface area contributed by atoms with Crippen LogP contribution in [-0.2, 0) is 4.74 Å². The van der Waals surface area contributed by atoms with Crippen LogP contribution < -0.4 is 5.32 Å². The second-order valence-corrected chi connectivity index (χ2v) is 8.13. The van der Waals surface area contributed by atoms with Gasteiger partial charge in [0, 0.05) is 6.61 Å². The van der Waals surface area contributed by atoms with Crippen molar-refractivity contribution in [1.29, 1.82) is 0 Å². The third-order valence-corrected chi connectivity index (χ3v) is 6.71. The third kappa shape index (κ3) is 3.64. The molecule has 2 fully saturated rings. The SMILES string of the molecule is CCCNCCCCCCOC1CC2CCC1(C)C2(C)C. The number of hydrogen-bond acceptors (Lipinski definition) is 2. The van der Waals surface area contributed by atoms with Gasteiger partial charge < -0.3 is 10.1 Å². The van der Waals surface area contributed by atoms with Gasteiger partial charge in [0.1, 0.15) is 0 Å². The molecule has 0 aliphatic heterocycles. The first kappa shape index (κ1) is 17.3. The first-order chi connectivity index (χ1) is 10.0. The van der Waals surface area contributed by atoms with Crippen molar-refractivity contribution >= 4 is 0 Å². The number of ether oxygens (including phenoxy) is 1. The van der Waals surface area contributed by atoms with Crippen molar-refractivity contribution < 1.29 is 4.74 Å². The van der Waals surface area contributed by atoms with Crippen LogP contribution in [0, 0.1) is 16.7 Å². The molecule has 2 aliphatic carbocycles. The monoisotopic (exact) mass is 295 g/mol. The molecule has 2 heteroatoms. The molecule has 0 amide bonds. The van der Waals surface area contributed by atoms with E-state index >= 15 is 0 Å². The highest BCUT2D eigenvalue weighted by molar-refractivity contribution is 5.11. The average molecular weight is 296 g/mol. The molecule has 2 saturated carbocycles. The first-order valence-electron chi connectivity index (χ1n) is 9.34. The lowest BCUT2D eigenvalue weighted by Crippen LogP contribution is -2.37. The zero-order valence-corrected chi connectivity index (χ0v) is 14.8. The molecule has 0 radical (unpaired) electrons. The summed E-state index contributed by atoms with van der Waals surface area (Å²) >= 11 is 0. The third-order valence-electron chi connectivity index (χ3n) is 6.71. The molecule has 124 valence electrons. The van der Waals surface area contributed by atoms with Crippen LogP contribution in [0.2, 0.25) is 0 Å². The van der Waals surface area contributed by atoms with E-state index in [1.54, 1.807) is 0 Å². The predicted molar refractivity (Wildman–Crippen MR) is 90.6 cm³/mol. The van der Waals surface area contributed by atoms with Crippen LogP contribution in [0.3, 0.4) is 0 Å². The Hall–Kier alpha value is -0.0800. The maximum atomic E-state index is 6.30. The highest BCUT2D eigenvalue weighted by atomic mass is 16.5. The van der Waals surface area contributed by atoms with E-state index in [9.17, 15) is 0 Å². The van der Waals surface area contributed by atoms with E-state index in [4.69, 9.17) is 4.74 Å². The normalized spacial score (nSPS) is 33.7. The van der Waals surface area contributed by atoms with Crippen molar-refractivity contribution in [2.75, 3.05) is 19.7 Å². The minimum absolute atomic E-state index is 0.432. The van der Waals surface area contributed by atoms with Crippen molar-refractivity contribution in [2.45, 2.75) is 85.2 Å². The zero-order chi connectivity index (χ0) is 15.3. The van der Waals surface area contributed by atoms with Gasteiger partial charge in [-0.2, -0.15) is 0 Å². The van der Waals surface area contributed by atoms with Crippen molar-refractivity contribution in [3.63, 3.8) is 0 Å². The Labute approximate surface area is 132 Å². The van der Waals surface area contributed by atoms with Gasteiger partial charge in [-0.25, -0.2) is 0 Å². The summed E-state index contributed by atoms with van der Waals surface area (Å²) in [6.07, 6.45) is 11.1. The molecule has 2 bridgehead atoms. The van der Waals surface area contributed by atoms with Gasteiger partial charge in [-0.3, -0.25) is 0 Å². The molecule has 2 rings (SSSR count). The quantitative estimate of drug-likeness (QED) is 0.586. The number of nitrogens with one attached hydrogen (secondary N) is 1. The van der Waals surface area contributed by atoms with Gasteiger partial charge in [-0.1, -0.05) is 40.5 Å². The standard InChI is InChI=1S/C19H37NO/c1-5-12-20-13-8-6-7-9-14-21-17-15-16-10-11-19(17,4)18(16,2)3/h16-17,20H,5-15H2,1-4H3. The lowest BCUT2D eigenvalue weighted by molar-refractivity contribution is -0.0475. The number of fused-ring (bicyclic) bond motifs is 2. The molecule has 0 aromatic heterocycles. The highest BCUT2D eigenvalue weighted by Gasteiger charge is 2.61. The fourth-order valence-electron chi connectivity index (χ4n) is 4.62. The fraction of sp³-hybridized carbons (Fsp3) is 1.00. The van der Waals surface area contributed by atoms with Crippen LogP contribution in [-0.4, -0.2) is 25.8 Å². The molecule has 2 nitrogen and oxygen atoms in total. The summed E-state index contributed by atoms with van der Waals surface area (Å²) in [5.41, 5.74) is 0.921. The Morgan fingerprint density at radius 2 is 1.81 bits per heavy atom. The number of unbranched alkanes of at least 4 members (excludes halogenated alkanes) is 3. The summed E-state index contributed by atoms with van der Waals surface area (Å²) in [4.78, 5) is 0. The summed E-state index contributed by atoms with van der Waals surface area (Å²) in [6.45, 7) is 13.0. The van der Waals surface area contributed by atoms with E-state index in [-0.39, 0.29) is 0 Å². The highest BCUT2D eigenvalue weighted by Crippen LogP contribution is 2.66. The molecule has 3 atom stereocenters. The fourth-order valence-corrected chi connectivity index (χ4v) is 4.62. The summed E-state index contributed by atoms with van der Waals surface area (Å²) in [7, 11) is 0. The maximum absolute atomic E-state index is 6.30. The van der Waals surface area contributed by atoms with E-state index in [2.05, 4.69) is 33.0 Å². The average Bonchev–Trinajstić information content (AvgIpc) is 2.78. The predicted octanol–water partition coefficient (Wildman–Crippen LogP) is 4.78. The van der Waals surface area contributed by atoms with Gasteiger partial charge in [-0.15, -0.1) is 0 Å². The number of hydrogen-bond donors (Lipinski definition) is 1. The van der Waals surface area contributed by atoms with Gasteiger partial charge in [0.2, 0.25) is 0 Å². The Kier molecular flexibility index (Phi) is 6.14. The molecule has 0 saturated heterocycles. The molecule has 0 spiro atoms. The maximum Gasteiger partial charge on any atom is 0.0636 e. The van der Waals surface area contributed by atoms with Crippen LogP contribution in [0.25, 0.3) is 0 Å². The van der Waals surface area contributed by atoms with Gasteiger partial charge in [-0.05, 0) is 68.4 Å². The van der Waals surface area contributed by atoms with Crippen LogP contribution in [0.15, 0.2) is 0 Å². The van der Waals surface area contributed by atoms with E-state index in [0.717, 1.165) is 12.5 Å². The second kappa shape index (κ2) is 7.46. The lowest BCUT2D eigenvalue weighted by atomic mass is 9.70. The Bertz CT molecular complexity index is 315. The molecule has 2 aliphatic rings. The van der Waals surface area contributed by atoms with Gasteiger partial charge in [0.25, 0.3) is 0 Å². The summed E-state index contributed by atoms with van der Waals surface area (Å²) < 4.78 is 6.30. The first-order valence-corrected chi connectivity index (χ1v) is 9.34. The van der Waals surface area contributed by atoms with Crippen molar-refractivity contribution in [3.8, 4) is 0 Å². The van der Waals surface area contributed by atoms with E-state index in [1.807, 2.05) is 0 Å². The van der Waals surface area contributed by atoms with Crippen LogP contribution in [0.5, 0.6) is 0 Å². The Morgan fingerprint density at radius 3 is 2.43 bits per heavy atom. The van der Waals surface area contributed by atoms with E-state index < -0.39 is 0 Å². The van der Waals surface area contributed by atoms with Crippen molar-refractivity contribution in [3.05, 3.63) is 0 Å². The molecule has 1 N–H and O–H groups in total. The summed E-state index contributed by atoms with van der Waals surface area (Å²) in [5, 5.41) is 3.47. The molecular formula is C19H37NO. The molecule has 21 heavy (non-hydrogen) atoms. The van der Waals surface area contributed by atoms with Crippen LogP contribution in [0.4, 0.5) is 0 Å². The largest absolute Gasteiger partial charge is 0.378 e. The Balaban J connectivity index is 1.54.